The van der Waals surface area contributed by atoms with Gasteiger partial charge in [-0.3, -0.25) is 0 Å². The predicted molar refractivity (Wildman–Crippen MR) is 69.4 cm³/mol. The molecule has 0 spiro atoms. The number of aromatic nitrogens is 2. The topological polar surface area (TPSA) is 37.8 Å². The molecular formula is C14H21N3. The molecule has 1 saturated carbocycles. The Morgan fingerprint density at radius 1 is 1.18 bits per heavy atom. The molecule has 1 heterocycles. The lowest BCUT2D eigenvalue weighted by Crippen LogP contribution is -2.17. The molecular weight excluding hydrogens is 210 g/mol. The second-order valence-electron chi connectivity index (χ2n) is 5.62. The van der Waals surface area contributed by atoms with Crippen LogP contribution in [0.4, 0.5) is 5.82 Å². The zero-order valence-corrected chi connectivity index (χ0v) is 10.8. The fraction of sp³-hybridized carbons (Fsp3) is 0.714. The van der Waals surface area contributed by atoms with Crippen molar-refractivity contribution < 1.29 is 0 Å². The second-order valence-corrected chi connectivity index (χ2v) is 5.62. The van der Waals surface area contributed by atoms with Crippen molar-refractivity contribution in [3.05, 3.63) is 17.1 Å². The van der Waals surface area contributed by atoms with Crippen molar-refractivity contribution >= 4 is 5.82 Å². The van der Waals surface area contributed by atoms with Crippen LogP contribution in [0.5, 0.6) is 0 Å². The van der Waals surface area contributed by atoms with E-state index in [1.54, 1.807) is 0 Å². The van der Waals surface area contributed by atoms with Crippen LogP contribution in [0.1, 0.15) is 56.6 Å². The van der Waals surface area contributed by atoms with Crippen LogP contribution in [0, 0.1) is 0 Å². The first kappa shape index (κ1) is 11.0. The van der Waals surface area contributed by atoms with E-state index < -0.39 is 0 Å². The van der Waals surface area contributed by atoms with Gasteiger partial charge in [0.1, 0.15) is 11.6 Å². The fourth-order valence-corrected chi connectivity index (χ4v) is 2.59. The first-order valence-electron chi connectivity index (χ1n) is 6.87. The van der Waals surface area contributed by atoms with Crippen LogP contribution in [0.3, 0.4) is 0 Å². The van der Waals surface area contributed by atoms with Crippen LogP contribution in [-0.4, -0.2) is 16.5 Å². The summed E-state index contributed by atoms with van der Waals surface area (Å²) >= 11 is 0. The van der Waals surface area contributed by atoms with Gasteiger partial charge in [-0.25, -0.2) is 9.97 Å². The molecule has 92 valence electrons. The first-order chi connectivity index (χ1) is 8.23. The van der Waals surface area contributed by atoms with E-state index in [-0.39, 0.29) is 5.41 Å². The third kappa shape index (κ3) is 1.92. The monoisotopic (exact) mass is 231 g/mol. The lowest BCUT2D eigenvalue weighted by molar-refractivity contribution is 0.632. The Bertz CT molecular complexity index is 435. The van der Waals surface area contributed by atoms with E-state index >= 15 is 0 Å². The zero-order valence-electron chi connectivity index (χ0n) is 10.8. The van der Waals surface area contributed by atoms with E-state index in [0.717, 1.165) is 31.0 Å². The molecule has 2 aliphatic rings. The van der Waals surface area contributed by atoms with Gasteiger partial charge in [0, 0.05) is 23.2 Å². The molecule has 3 heteroatoms. The van der Waals surface area contributed by atoms with Crippen molar-refractivity contribution in [3.63, 3.8) is 0 Å². The highest BCUT2D eigenvalue weighted by molar-refractivity contribution is 5.48. The van der Waals surface area contributed by atoms with Gasteiger partial charge >= 0.3 is 0 Å². The Morgan fingerprint density at radius 3 is 2.65 bits per heavy atom. The number of hydrogen-bond donors (Lipinski definition) is 1. The lowest BCUT2D eigenvalue weighted by Gasteiger charge is -2.21. The van der Waals surface area contributed by atoms with Gasteiger partial charge < -0.3 is 5.32 Å². The quantitative estimate of drug-likeness (QED) is 0.869. The minimum atomic E-state index is 0.274. The maximum Gasteiger partial charge on any atom is 0.136 e. The highest BCUT2D eigenvalue weighted by atomic mass is 15.0. The van der Waals surface area contributed by atoms with Crippen molar-refractivity contribution in [3.8, 4) is 0 Å². The van der Waals surface area contributed by atoms with E-state index in [9.17, 15) is 0 Å². The van der Waals surface area contributed by atoms with E-state index in [0.29, 0.717) is 0 Å². The van der Waals surface area contributed by atoms with E-state index in [1.165, 1.54) is 36.9 Å². The third-order valence-electron chi connectivity index (χ3n) is 4.07. The number of hydrogen-bond acceptors (Lipinski definition) is 3. The van der Waals surface area contributed by atoms with Crippen molar-refractivity contribution in [2.45, 2.75) is 57.8 Å². The van der Waals surface area contributed by atoms with E-state index in [4.69, 9.17) is 9.97 Å². The fourth-order valence-electron chi connectivity index (χ4n) is 2.59. The summed E-state index contributed by atoms with van der Waals surface area (Å²) in [6, 6.07) is 0. The number of nitrogens with zero attached hydrogens (tertiary/aromatic N) is 2. The first-order valence-corrected chi connectivity index (χ1v) is 6.87. The summed E-state index contributed by atoms with van der Waals surface area (Å²) < 4.78 is 0. The average Bonchev–Trinajstić information content (AvgIpc) is 3.09. The van der Waals surface area contributed by atoms with Gasteiger partial charge in [0.2, 0.25) is 0 Å². The van der Waals surface area contributed by atoms with Crippen LogP contribution in [-0.2, 0) is 18.3 Å². The summed E-state index contributed by atoms with van der Waals surface area (Å²) in [5.41, 5.74) is 2.97. The van der Waals surface area contributed by atoms with Gasteiger partial charge in [-0.2, -0.15) is 0 Å². The van der Waals surface area contributed by atoms with E-state index in [2.05, 4.69) is 19.2 Å². The zero-order chi connectivity index (χ0) is 11.9. The molecule has 0 amide bonds. The lowest BCUT2D eigenvalue weighted by atomic mass is 9.95. The molecule has 1 aromatic rings. The number of rotatable bonds is 3. The van der Waals surface area contributed by atoms with Crippen LogP contribution in [0.15, 0.2) is 0 Å². The molecule has 0 bridgehead atoms. The molecule has 1 N–H and O–H groups in total. The molecule has 0 radical (unpaired) electrons. The largest absolute Gasteiger partial charge is 0.370 e. The number of anilines is 1. The highest BCUT2D eigenvalue weighted by Gasteiger charge is 2.42. The van der Waals surface area contributed by atoms with Gasteiger partial charge in [0.15, 0.2) is 0 Å². The SMILES string of the molecule is CCNc1nc(C2(C)CC2)nc2c1CCCC2. The molecule has 0 aliphatic heterocycles. The van der Waals surface area contributed by atoms with E-state index in [1.807, 2.05) is 0 Å². The van der Waals surface area contributed by atoms with Crippen molar-refractivity contribution in [2.75, 3.05) is 11.9 Å². The highest BCUT2D eigenvalue weighted by Crippen LogP contribution is 2.46. The van der Waals surface area contributed by atoms with Crippen LogP contribution < -0.4 is 5.32 Å². The minimum absolute atomic E-state index is 0.274. The Labute approximate surface area is 103 Å². The normalized spacial score (nSPS) is 20.8. The molecule has 17 heavy (non-hydrogen) atoms. The average molecular weight is 231 g/mol. The predicted octanol–water partition coefficient (Wildman–Crippen LogP) is 2.84. The smallest absolute Gasteiger partial charge is 0.136 e. The van der Waals surface area contributed by atoms with Crippen molar-refractivity contribution in [1.29, 1.82) is 0 Å². The molecule has 3 nitrogen and oxygen atoms in total. The molecule has 0 atom stereocenters. The Morgan fingerprint density at radius 2 is 1.94 bits per heavy atom. The molecule has 0 unspecified atom stereocenters. The van der Waals surface area contributed by atoms with Crippen molar-refractivity contribution in [1.82, 2.24) is 9.97 Å². The summed E-state index contributed by atoms with van der Waals surface area (Å²) in [7, 11) is 0. The molecule has 0 aromatic carbocycles. The maximum atomic E-state index is 4.84. The van der Waals surface area contributed by atoms with Gasteiger partial charge in [-0.15, -0.1) is 0 Å². The van der Waals surface area contributed by atoms with Crippen LogP contribution in [0.25, 0.3) is 0 Å². The summed E-state index contributed by atoms with van der Waals surface area (Å²) in [4.78, 5) is 9.63. The van der Waals surface area contributed by atoms with Gasteiger partial charge in [-0.05, 0) is 45.4 Å². The minimum Gasteiger partial charge on any atom is -0.370 e. The molecule has 0 saturated heterocycles. The standard InChI is InChI=1S/C14H21N3/c1-3-15-12-10-6-4-5-7-11(10)16-13(17-12)14(2)8-9-14/h3-9H2,1-2H3,(H,15,16,17). The Kier molecular flexibility index (Phi) is 2.57. The number of fused-ring (bicyclic) bond motifs is 1. The molecule has 1 aromatic heterocycles. The maximum absolute atomic E-state index is 4.84. The van der Waals surface area contributed by atoms with Gasteiger partial charge in [-0.1, -0.05) is 6.92 Å². The summed E-state index contributed by atoms with van der Waals surface area (Å²) in [6.45, 7) is 5.36. The van der Waals surface area contributed by atoms with Crippen molar-refractivity contribution in [2.24, 2.45) is 0 Å². The van der Waals surface area contributed by atoms with Gasteiger partial charge in [0.25, 0.3) is 0 Å². The molecule has 1 fully saturated rings. The van der Waals surface area contributed by atoms with Crippen LogP contribution >= 0.6 is 0 Å². The third-order valence-corrected chi connectivity index (χ3v) is 4.07. The summed E-state index contributed by atoms with van der Waals surface area (Å²) in [5.74, 6) is 2.19. The second kappa shape index (κ2) is 3.97. The number of nitrogens with one attached hydrogen (secondary N) is 1. The number of aryl methyl sites for hydroxylation is 1. The Balaban J connectivity index is 2.05. The summed E-state index contributed by atoms with van der Waals surface area (Å²) in [6.07, 6.45) is 7.35. The van der Waals surface area contributed by atoms with Crippen LogP contribution in [0.2, 0.25) is 0 Å². The molecule has 2 aliphatic carbocycles. The molecule has 3 rings (SSSR count). The Hall–Kier alpha value is -1.12. The van der Waals surface area contributed by atoms with Gasteiger partial charge in [0.05, 0.1) is 0 Å². The summed E-state index contributed by atoms with van der Waals surface area (Å²) in [5, 5.41) is 3.42.